The van der Waals surface area contributed by atoms with Crippen LogP contribution in [0.2, 0.25) is 0 Å². The number of benzene rings is 1. The fourth-order valence-corrected chi connectivity index (χ4v) is 2.67. The molecular formula is C19H26N4O3. The van der Waals surface area contributed by atoms with Gasteiger partial charge in [0.2, 0.25) is 12.7 Å². The first-order chi connectivity index (χ1) is 12.4. The Bertz CT molecular complexity index is 792. The van der Waals surface area contributed by atoms with Gasteiger partial charge in [-0.2, -0.15) is 0 Å². The third-order valence-electron chi connectivity index (χ3n) is 4.12. The molecule has 0 saturated heterocycles. The molecule has 1 aliphatic heterocycles. The third-order valence-corrected chi connectivity index (χ3v) is 4.12. The number of nitrogens with zero attached hydrogens (tertiary/aromatic N) is 3. The lowest BCUT2D eigenvalue weighted by Gasteiger charge is -2.21. The van der Waals surface area contributed by atoms with E-state index in [-0.39, 0.29) is 12.2 Å². The summed E-state index contributed by atoms with van der Waals surface area (Å²) in [6.45, 7) is 7.75. The number of guanidine groups is 1. The van der Waals surface area contributed by atoms with Gasteiger partial charge in [-0.1, -0.05) is 26.8 Å². The molecule has 2 heterocycles. The van der Waals surface area contributed by atoms with E-state index in [1.165, 1.54) is 0 Å². The van der Waals surface area contributed by atoms with Gasteiger partial charge in [0.05, 0.1) is 12.7 Å². The van der Waals surface area contributed by atoms with Crippen molar-refractivity contribution in [2.24, 2.45) is 4.99 Å². The van der Waals surface area contributed by atoms with E-state index < -0.39 is 0 Å². The number of aromatic nitrogens is 1. The van der Waals surface area contributed by atoms with Crippen LogP contribution >= 0.6 is 0 Å². The van der Waals surface area contributed by atoms with Gasteiger partial charge in [-0.25, -0.2) is 4.98 Å². The summed E-state index contributed by atoms with van der Waals surface area (Å²) in [5, 5.41) is 3.29. The van der Waals surface area contributed by atoms with Crippen LogP contribution in [0.25, 0.3) is 0 Å². The highest BCUT2D eigenvalue weighted by atomic mass is 16.7. The minimum absolute atomic E-state index is 0.0525. The summed E-state index contributed by atoms with van der Waals surface area (Å²) in [5.74, 6) is 3.86. The molecule has 0 spiro atoms. The molecule has 0 saturated carbocycles. The predicted molar refractivity (Wildman–Crippen MR) is 99.4 cm³/mol. The fraction of sp³-hybridized carbons (Fsp3) is 0.474. The second kappa shape index (κ2) is 7.27. The van der Waals surface area contributed by atoms with Gasteiger partial charge in [-0.3, -0.25) is 4.99 Å². The largest absolute Gasteiger partial charge is 0.454 e. The summed E-state index contributed by atoms with van der Waals surface area (Å²) in [4.78, 5) is 10.7. The number of hydrogen-bond donors (Lipinski definition) is 1. The van der Waals surface area contributed by atoms with E-state index in [0.29, 0.717) is 19.0 Å². The molecule has 26 heavy (non-hydrogen) atoms. The molecule has 7 nitrogen and oxygen atoms in total. The van der Waals surface area contributed by atoms with Gasteiger partial charge < -0.3 is 24.1 Å². The van der Waals surface area contributed by atoms with Crippen LogP contribution < -0.4 is 14.8 Å². The van der Waals surface area contributed by atoms with Crippen molar-refractivity contribution in [1.29, 1.82) is 0 Å². The van der Waals surface area contributed by atoms with E-state index in [9.17, 15) is 0 Å². The first-order valence-corrected chi connectivity index (χ1v) is 8.62. The molecule has 3 rings (SSSR count). The zero-order valence-electron chi connectivity index (χ0n) is 16.0. The zero-order valence-corrected chi connectivity index (χ0v) is 16.0. The smallest absolute Gasteiger partial charge is 0.231 e. The Hall–Kier alpha value is -2.70. The Morgan fingerprint density at radius 3 is 2.73 bits per heavy atom. The molecule has 0 fully saturated rings. The van der Waals surface area contributed by atoms with E-state index in [1.54, 1.807) is 13.2 Å². The molecule has 0 atom stereocenters. The highest BCUT2D eigenvalue weighted by molar-refractivity contribution is 5.79. The Labute approximate surface area is 154 Å². The summed E-state index contributed by atoms with van der Waals surface area (Å²) in [6, 6.07) is 5.96. The normalized spacial score (nSPS) is 13.8. The van der Waals surface area contributed by atoms with E-state index in [1.807, 2.05) is 30.1 Å². The molecule has 0 unspecified atom stereocenters. The molecule has 1 aromatic carbocycles. The van der Waals surface area contributed by atoms with Gasteiger partial charge >= 0.3 is 0 Å². The predicted octanol–water partition coefficient (Wildman–Crippen LogP) is 2.91. The highest BCUT2D eigenvalue weighted by Crippen LogP contribution is 2.32. The minimum Gasteiger partial charge on any atom is -0.454 e. The van der Waals surface area contributed by atoms with Gasteiger partial charge in [0, 0.05) is 26.1 Å². The topological polar surface area (TPSA) is 72.1 Å². The Balaban J connectivity index is 1.59. The molecule has 140 valence electrons. The summed E-state index contributed by atoms with van der Waals surface area (Å²) < 4.78 is 16.6. The molecule has 0 radical (unpaired) electrons. The summed E-state index contributed by atoms with van der Waals surface area (Å²) in [7, 11) is 3.74. The van der Waals surface area contributed by atoms with Crippen LogP contribution in [0.1, 0.15) is 38.0 Å². The van der Waals surface area contributed by atoms with Crippen molar-refractivity contribution >= 4 is 5.96 Å². The van der Waals surface area contributed by atoms with Gasteiger partial charge in [0.1, 0.15) is 5.76 Å². The van der Waals surface area contributed by atoms with Gasteiger partial charge in [0.25, 0.3) is 0 Å². The van der Waals surface area contributed by atoms with Crippen LogP contribution in [0.15, 0.2) is 33.8 Å². The zero-order chi connectivity index (χ0) is 18.7. The van der Waals surface area contributed by atoms with Crippen molar-refractivity contribution in [2.45, 2.75) is 39.3 Å². The summed E-state index contributed by atoms with van der Waals surface area (Å²) in [6.07, 6.45) is 1.79. The fourth-order valence-electron chi connectivity index (χ4n) is 2.67. The maximum absolute atomic E-state index is 5.81. The minimum atomic E-state index is -0.0525. The Morgan fingerprint density at radius 1 is 1.27 bits per heavy atom. The molecule has 7 heteroatoms. The van der Waals surface area contributed by atoms with Crippen LogP contribution in [-0.4, -0.2) is 36.7 Å². The average Bonchev–Trinajstić information content (AvgIpc) is 3.23. The van der Waals surface area contributed by atoms with E-state index in [4.69, 9.17) is 13.9 Å². The number of oxazole rings is 1. The molecule has 1 N–H and O–H groups in total. The molecule has 0 bridgehead atoms. The van der Waals surface area contributed by atoms with Crippen molar-refractivity contribution in [3.05, 3.63) is 41.6 Å². The molecule has 1 aromatic heterocycles. The first-order valence-electron chi connectivity index (χ1n) is 8.62. The lowest BCUT2D eigenvalue weighted by atomic mass is 9.94. The number of nitrogens with one attached hydrogen (secondary N) is 1. The molecule has 0 aliphatic carbocycles. The lowest BCUT2D eigenvalue weighted by Crippen LogP contribution is -2.38. The van der Waals surface area contributed by atoms with Crippen LogP contribution in [0.5, 0.6) is 11.5 Å². The summed E-state index contributed by atoms with van der Waals surface area (Å²) in [5.41, 5.74) is 1.06. The van der Waals surface area contributed by atoms with Crippen LogP contribution in [0.3, 0.4) is 0 Å². The molecule has 1 aliphatic rings. The maximum Gasteiger partial charge on any atom is 0.231 e. The average molecular weight is 358 g/mol. The number of rotatable bonds is 4. The van der Waals surface area contributed by atoms with Crippen molar-refractivity contribution in [3.63, 3.8) is 0 Å². The number of aliphatic imine (C=N–C) groups is 1. The van der Waals surface area contributed by atoms with Crippen molar-refractivity contribution in [3.8, 4) is 11.5 Å². The number of fused-ring (bicyclic) bond motifs is 1. The standard InChI is InChI=1S/C19H26N4O3/c1-19(2,3)16-9-21-17(26-16)10-22-18(20-4)23(5)11-13-6-7-14-15(8-13)25-12-24-14/h6-9H,10-12H2,1-5H3,(H,20,22). The quantitative estimate of drug-likeness (QED) is 0.669. The second-order valence-corrected chi connectivity index (χ2v) is 7.31. The van der Waals surface area contributed by atoms with Crippen LogP contribution in [0.4, 0.5) is 0 Å². The molecular weight excluding hydrogens is 332 g/mol. The Kier molecular flexibility index (Phi) is 5.06. The van der Waals surface area contributed by atoms with Crippen LogP contribution in [0, 0.1) is 0 Å². The van der Waals surface area contributed by atoms with Gasteiger partial charge in [0.15, 0.2) is 17.5 Å². The third kappa shape index (κ3) is 4.09. The van der Waals surface area contributed by atoms with E-state index >= 15 is 0 Å². The number of ether oxygens (including phenoxy) is 2. The van der Waals surface area contributed by atoms with Crippen molar-refractivity contribution in [2.75, 3.05) is 20.9 Å². The molecule has 0 amide bonds. The van der Waals surface area contributed by atoms with Crippen molar-refractivity contribution in [1.82, 2.24) is 15.2 Å². The maximum atomic E-state index is 5.81. The SMILES string of the molecule is CN=C(NCc1ncc(C(C)(C)C)o1)N(C)Cc1ccc2c(c1)OCO2. The van der Waals surface area contributed by atoms with Crippen LogP contribution in [-0.2, 0) is 18.5 Å². The highest BCUT2D eigenvalue weighted by Gasteiger charge is 2.19. The monoisotopic (exact) mass is 358 g/mol. The number of hydrogen-bond acceptors (Lipinski definition) is 5. The Morgan fingerprint density at radius 2 is 2.04 bits per heavy atom. The second-order valence-electron chi connectivity index (χ2n) is 7.31. The summed E-state index contributed by atoms with van der Waals surface area (Å²) >= 11 is 0. The first kappa shape index (κ1) is 18.1. The van der Waals surface area contributed by atoms with Gasteiger partial charge in [-0.15, -0.1) is 0 Å². The van der Waals surface area contributed by atoms with Crippen molar-refractivity contribution < 1.29 is 13.9 Å². The lowest BCUT2D eigenvalue weighted by molar-refractivity contribution is 0.174. The molecule has 2 aromatic rings. The van der Waals surface area contributed by atoms with E-state index in [2.05, 4.69) is 36.1 Å². The van der Waals surface area contributed by atoms with Gasteiger partial charge in [-0.05, 0) is 17.7 Å². The van der Waals surface area contributed by atoms with E-state index in [0.717, 1.165) is 28.8 Å².